The van der Waals surface area contributed by atoms with Crippen LogP contribution in [0.4, 0.5) is 0 Å². The summed E-state index contributed by atoms with van der Waals surface area (Å²) in [7, 11) is -2.90. The summed E-state index contributed by atoms with van der Waals surface area (Å²) < 4.78 is 22.9. The summed E-state index contributed by atoms with van der Waals surface area (Å²) in [5, 5.41) is 0. The van der Waals surface area contributed by atoms with E-state index < -0.39 is 9.84 Å². The van der Waals surface area contributed by atoms with Gasteiger partial charge in [-0.1, -0.05) is 36.8 Å². The molecule has 0 bridgehead atoms. The van der Waals surface area contributed by atoms with Crippen LogP contribution in [0.5, 0.6) is 0 Å². The Hall–Kier alpha value is -0.870. The Morgan fingerprint density at radius 1 is 1.25 bits per heavy atom. The molecule has 1 fully saturated rings. The van der Waals surface area contributed by atoms with Crippen LogP contribution >= 0.6 is 0 Å². The molecule has 1 aromatic carbocycles. The highest BCUT2D eigenvalue weighted by molar-refractivity contribution is 7.90. The third-order valence-electron chi connectivity index (χ3n) is 4.30. The van der Waals surface area contributed by atoms with E-state index in [1.54, 1.807) is 0 Å². The lowest BCUT2D eigenvalue weighted by atomic mass is 9.84. The van der Waals surface area contributed by atoms with E-state index >= 15 is 0 Å². The van der Waals surface area contributed by atoms with Crippen molar-refractivity contribution in [3.8, 4) is 0 Å². The van der Waals surface area contributed by atoms with Crippen LogP contribution in [0, 0.1) is 5.92 Å². The van der Waals surface area contributed by atoms with Crippen molar-refractivity contribution in [3.05, 3.63) is 35.9 Å². The van der Waals surface area contributed by atoms with Crippen molar-refractivity contribution in [1.29, 1.82) is 0 Å². The van der Waals surface area contributed by atoms with Crippen molar-refractivity contribution >= 4 is 9.84 Å². The molecule has 0 N–H and O–H groups in total. The van der Waals surface area contributed by atoms with E-state index in [2.05, 4.69) is 24.0 Å². The predicted octanol–water partition coefficient (Wildman–Crippen LogP) is 2.89. The monoisotopic (exact) mass is 295 g/mol. The maximum Gasteiger partial charge on any atom is 0.148 e. The zero-order valence-corrected chi connectivity index (χ0v) is 13.3. The normalized spacial score (nSPS) is 17.9. The Morgan fingerprint density at radius 2 is 1.90 bits per heavy atom. The lowest BCUT2D eigenvalue weighted by Crippen LogP contribution is -2.37. The number of hydrogen-bond acceptors (Lipinski definition) is 3. The zero-order valence-electron chi connectivity index (χ0n) is 12.5. The van der Waals surface area contributed by atoms with Crippen molar-refractivity contribution in [2.45, 2.75) is 32.2 Å². The van der Waals surface area contributed by atoms with Gasteiger partial charge in [0.05, 0.1) is 5.75 Å². The summed E-state index contributed by atoms with van der Waals surface area (Å²) in [4.78, 5) is 2.33. The van der Waals surface area contributed by atoms with Crippen molar-refractivity contribution in [2.75, 3.05) is 25.1 Å². The van der Waals surface area contributed by atoms with Crippen LogP contribution in [0.25, 0.3) is 0 Å². The molecule has 0 saturated heterocycles. The lowest BCUT2D eigenvalue weighted by molar-refractivity contribution is 0.147. The van der Waals surface area contributed by atoms with Gasteiger partial charge < -0.3 is 0 Å². The Bertz CT molecular complexity index is 509. The molecule has 0 spiro atoms. The number of benzene rings is 1. The minimum absolute atomic E-state index is 0.247. The fraction of sp³-hybridized carbons (Fsp3) is 0.625. The van der Waals surface area contributed by atoms with E-state index in [1.165, 1.54) is 31.1 Å². The van der Waals surface area contributed by atoms with Gasteiger partial charge in [-0.25, -0.2) is 8.42 Å². The van der Waals surface area contributed by atoms with Crippen LogP contribution in [0.1, 0.15) is 37.8 Å². The first-order valence-electron chi connectivity index (χ1n) is 7.42. The second kappa shape index (κ2) is 6.72. The molecule has 0 aliphatic heterocycles. The van der Waals surface area contributed by atoms with Crippen molar-refractivity contribution in [2.24, 2.45) is 5.92 Å². The maximum atomic E-state index is 11.4. The highest BCUT2D eigenvalue weighted by Gasteiger charge is 2.24. The first-order valence-corrected chi connectivity index (χ1v) is 9.48. The smallest absolute Gasteiger partial charge is 0.148 e. The maximum absolute atomic E-state index is 11.4. The third-order valence-corrected chi connectivity index (χ3v) is 5.22. The topological polar surface area (TPSA) is 37.4 Å². The van der Waals surface area contributed by atoms with Crippen LogP contribution in [0.2, 0.25) is 0 Å². The molecule has 0 radical (unpaired) electrons. The highest BCUT2D eigenvalue weighted by atomic mass is 32.2. The Kier molecular flexibility index (Phi) is 5.22. The minimum atomic E-state index is -2.90. The largest absolute Gasteiger partial charge is 0.295 e. The fourth-order valence-electron chi connectivity index (χ4n) is 2.68. The Labute approximate surface area is 122 Å². The van der Waals surface area contributed by atoms with Gasteiger partial charge >= 0.3 is 0 Å². The molecule has 0 amide bonds. The number of hydrogen-bond donors (Lipinski definition) is 0. The SMILES string of the molecule is C[C@@H](c1ccccc1)N(CCS(C)(=O)=O)CC1CCC1. The van der Waals surface area contributed by atoms with E-state index in [0.29, 0.717) is 6.54 Å². The second-order valence-corrected chi connectivity index (χ2v) is 8.27. The molecule has 1 aliphatic carbocycles. The van der Waals surface area contributed by atoms with Gasteiger partial charge in [-0.3, -0.25) is 4.90 Å². The Balaban J connectivity index is 2.04. The number of rotatable bonds is 7. The summed E-state index contributed by atoms with van der Waals surface area (Å²) in [5.41, 5.74) is 1.26. The quantitative estimate of drug-likeness (QED) is 0.776. The first kappa shape index (κ1) is 15.5. The van der Waals surface area contributed by atoms with Gasteiger partial charge in [0.2, 0.25) is 0 Å². The second-order valence-electron chi connectivity index (χ2n) is 6.01. The fourth-order valence-corrected chi connectivity index (χ4v) is 3.24. The van der Waals surface area contributed by atoms with Gasteiger partial charge in [0.25, 0.3) is 0 Å². The van der Waals surface area contributed by atoms with Crippen LogP contribution < -0.4 is 0 Å². The van der Waals surface area contributed by atoms with Crippen LogP contribution in [-0.4, -0.2) is 38.4 Å². The molecule has 4 heteroatoms. The van der Waals surface area contributed by atoms with Crippen molar-refractivity contribution in [1.82, 2.24) is 4.90 Å². The van der Waals surface area contributed by atoms with Gasteiger partial charge in [-0.05, 0) is 31.2 Å². The molecule has 1 atom stereocenters. The van der Waals surface area contributed by atoms with Gasteiger partial charge in [-0.15, -0.1) is 0 Å². The molecule has 1 saturated carbocycles. The molecule has 1 aromatic rings. The van der Waals surface area contributed by atoms with E-state index in [9.17, 15) is 8.42 Å². The lowest BCUT2D eigenvalue weighted by Gasteiger charge is -2.36. The highest BCUT2D eigenvalue weighted by Crippen LogP contribution is 2.30. The molecular weight excluding hydrogens is 270 g/mol. The van der Waals surface area contributed by atoms with Crippen molar-refractivity contribution in [3.63, 3.8) is 0 Å². The molecule has 112 valence electrons. The molecular formula is C16H25NO2S. The van der Waals surface area contributed by atoms with Crippen molar-refractivity contribution < 1.29 is 8.42 Å². The molecule has 3 nitrogen and oxygen atoms in total. The number of nitrogens with zero attached hydrogens (tertiary/aromatic N) is 1. The van der Waals surface area contributed by atoms with Crippen LogP contribution in [0.15, 0.2) is 30.3 Å². The summed E-state index contributed by atoms with van der Waals surface area (Å²) >= 11 is 0. The summed E-state index contributed by atoms with van der Waals surface area (Å²) in [6.07, 6.45) is 5.22. The van der Waals surface area contributed by atoms with E-state index in [4.69, 9.17) is 0 Å². The number of sulfone groups is 1. The van der Waals surface area contributed by atoms with Gasteiger partial charge in [-0.2, -0.15) is 0 Å². The van der Waals surface area contributed by atoms with E-state index in [1.807, 2.05) is 18.2 Å². The first-order chi connectivity index (χ1) is 9.46. The summed E-state index contributed by atoms with van der Waals surface area (Å²) in [6.45, 7) is 3.83. The van der Waals surface area contributed by atoms with Crippen LogP contribution in [-0.2, 0) is 9.84 Å². The van der Waals surface area contributed by atoms with Gasteiger partial charge in [0.1, 0.15) is 9.84 Å². The molecule has 2 rings (SSSR count). The zero-order chi connectivity index (χ0) is 14.6. The average molecular weight is 295 g/mol. The standard InChI is InChI=1S/C16H25NO2S/c1-14(16-9-4-3-5-10-16)17(11-12-20(2,18)19)13-15-7-6-8-15/h3-5,9-10,14-15H,6-8,11-13H2,1-2H3/t14-/m0/s1. The molecule has 0 heterocycles. The third kappa shape index (κ3) is 4.60. The van der Waals surface area contributed by atoms with E-state index in [0.717, 1.165) is 12.5 Å². The Morgan fingerprint density at radius 3 is 2.40 bits per heavy atom. The molecule has 0 unspecified atom stereocenters. The average Bonchev–Trinajstić information content (AvgIpc) is 2.36. The predicted molar refractivity (Wildman–Crippen MR) is 83.5 cm³/mol. The summed E-state index contributed by atoms with van der Waals surface area (Å²) in [5.74, 6) is 0.998. The van der Waals surface area contributed by atoms with E-state index in [-0.39, 0.29) is 11.8 Å². The van der Waals surface area contributed by atoms with Crippen LogP contribution in [0.3, 0.4) is 0 Å². The molecule has 0 aromatic heterocycles. The molecule has 1 aliphatic rings. The van der Waals surface area contributed by atoms with Gasteiger partial charge in [0, 0.05) is 25.4 Å². The van der Waals surface area contributed by atoms with Gasteiger partial charge in [0.15, 0.2) is 0 Å². The summed E-state index contributed by atoms with van der Waals surface area (Å²) in [6, 6.07) is 10.6. The molecule has 20 heavy (non-hydrogen) atoms. The minimum Gasteiger partial charge on any atom is -0.295 e.